The maximum Gasteiger partial charge on any atom is 0.317 e. The van der Waals surface area contributed by atoms with Gasteiger partial charge in [-0.05, 0) is 33.4 Å². The summed E-state index contributed by atoms with van der Waals surface area (Å²) in [6, 6.07) is -0.482. The monoisotopic (exact) mass is 287 g/mol. The average Bonchev–Trinajstić information content (AvgIpc) is 2.37. The number of carboxylic acids is 1. The number of rotatable bonds is 10. The largest absolute Gasteiger partial charge is 0.481 e. The fourth-order valence-electron chi connectivity index (χ4n) is 2.19. The molecule has 0 heterocycles. The van der Waals surface area contributed by atoms with Crippen LogP contribution in [0.15, 0.2) is 0 Å². The van der Waals surface area contributed by atoms with Gasteiger partial charge in [-0.2, -0.15) is 0 Å². The van der Waals surface area contributed by atoms with E-state index in [1.54, 1.807) is 11.8 Å². The van der Waals surface area contributed by atoms with Crippen molar-refractivity contribution in [2.75, 3.05) is 32.7 Å². The van der Waals surface area contributed by atoms with Gasteiger partial charge in [0.1, 0.15) is 0 Å². The summed E-state index contributed by atoms with van der Waals surface area (Å²) in [6.07, 6.45) is 1.07. The standard InChI is InChI=1S/C14H29N3O3/c1-5-9-16(6-2)10-8-15-14(20)17(7-3)12(4)11-13(18)19/h12H,5-11H2,1-4H3,(H,15,20)(H,18,19). The van der Waals surface area contributed by atoms with Gasteiger partial charge in [0.15, 0.2) is 0 Å². The van der Waals surface area contributed by atoms with E-state index in [-0.39, 0.29) is 18.5 Å². The molecule has 0 radical (unpaired) electrons. The van der Waals surface area contributed by atoms with E-state index in [1.165, 1.54) is 0 Å². The van der Waals surface area contributed by atoms with Crippen molar-refractivity contribution >= 4 is 12.0 Å². The van der Waals surface area contributed by atoms with E-state index in [2.05, 4.69) is 24.1 Å². The van der Waals surface area contributed by atoms with Crippen molar-refractivity contribution in [1.29, 1.82) is 0 Å². The van der Waals surface area contributed by atoms with Crippen molar-refractivity contribution in [1.82, 2.24) is 15.1 Å². The molecule has 0 spiro atoms. The first kappa shape index (κ1) is 18.7. The molecule has 1 atom stereocenters. The molecular weight excluding hydrogens is 258 g/mol. The normalized spacial score (nSPS) is 12.2. The number of amides is 2. The number of urea groups is 1. The summed E-state index contributed by atoms with van der Waals surface area (Å²) in [4.78, 5) is 26.6. The predicted octanol–water partition coefficient (Wildman–Crippen LogP) is 1.61. The lowest BCUT2D eigenvalue weighted by molar-refractivity contribution is -0.138. The van der Waals surface area contributed by atoms with Crippen LogP contribution in [0.3, 0.4) is 0 Å². The minimum Gasteiger partial charge on any atom is -0.481 e. The third-order valence-corrected chi connectivity index (χ3v) is 3.29. The van der Waals surface area contributed by atoms with Crippen molar-refractivity contribution in [3.63, 3.8) is 0 Å². The van der Waals surface area contributed by atoms with Crippen molar-refractivity contribution in [2.45, 2.75) is 46.6 Å². The Morgan fingerprint density at radius 3 is 2.25 bits per heavy atom. The number of carbonyl (C=O) groups is 2. The van der Waals surface area contributed by atoms with Crippen LogP contribution in [0.5, 0.6) is 0 Å². The van der Waals surface area contributed by atoms with Gasteiger partial charge in [-0.1, -0.05) is 13.8 Å². The second kappa shape index (κ2) is 10.5. The zero-order chi connectivity index (χ0) is 15.5. The molecule has 6 nitrogen and oxygen atoms in total. The van der Waals surface area contributed by atoms with Gasteiger partial charge in [-0.3, -0.25) is 4.79 Å². The molecule has 0 aliphatic rings. The first-order valence-electron chi connectivity index (χ1n) is 7.44. The van der Waals surface area contributed by atoms with Crippen molar-refractivity contribution in [2.24, 2.45) is 0 Å². The van der Waals surface area contributed by atoms with E-state index in [0.29, 0.717) is 13.1 Å². The van der Waals surface area contributed by atoms with Crippen LogP contribution in [-0.4, -0.2) is 65.7 Å². The molecule has 0 aliphatic carbocycles. The van der Waals surface area contributed by atoms with Gasteiger partial charge in [-0.15, -0.1) is 0 Å². The van der Waals surface area contributed by atoms with E-state index in [9.17, 15) is 9.59 Å². The predicted molar refractivity (Wildman–Crippen MR) is 79.9 cm³/mol. The third kappa shape index (κ3) is 7.33. The highest BCUT2D eigenvalue weighted by molar-refractivity contribution is 5.75. The van der Waals surface area contributed by atoms with Crippen LogP contribution >= 0.6 is 0 Å². The number of hydrogen-bond donors (Lipinski definition) is 2. The molecule has 0 bridgehead atoms. The molecule has 2 amide bonds. The minimum absolute atomic E-state index is 0.0296. The van der Waals surface area contributed by atoms with Crippen LogP contribution in [0.1, 0.15) is 40.5 Å². The number of likely N-dealkylation sites (N-methyl/N-ethyl adjacent to an activating group) is 1. The highest BCUT2D eigenvalue weighted by Gasteiger charge is 2.20. The molecule has 0 aliphatic heterocycles. The summed E-state index contributed by atoms with van der Waals surface area (Å²) >= 11 is 0. The van der Waals surface area contributed by atoms with Crippen LogP contribution in [0.25, 0.3) is 0 Å². The maximum absolute atomic E-state index is 12.0. The molecule has 0 aromatic rings. The molecule has 1 unspecified atom stereocenters. The molecule has 0 saturated carbocycles. The highest BCUT2D eigenvalue weighted by atomic mass is 16.4. The second-order valence-electron chi connectivity index (χ2n) is 4.90. The number of nitrogens with one attached hydrogen (secondary N) is 1. The number of hydrogen-bond acceptors (Lipinski definition) is 3. The Morgan fingerprint density at radius 1 is 1.15 bits per heavy atom. The molecule has 0 fully saturated rings. The molecular formula is C14H29N3O3. The van der Waals surface area contributed by atoms with E-state index in [0.717, 1.165) is 26.1 Å². The first-order valence-corrected chi connectivity index (χ1v) is 7.44. The summed E-state index contributed by atoms with van der Waals surface area (Å²) < 4.78 is 0. The summed E-state index contributed by atoms with van der Waals surface area (Å²) in [6.45, 7) is 11.8. The number of carboxylic acid groups (broad SMARTS) is 1. The van der Waals surface area contributed by atoms with Crippen LogP contribution < -0.4 is 5.32 Å². The smallest absolute Gasteiger partial charge is 0.317 e. The molecule has 0 saturated heterocycles. The van der Waals surface area contributed by atoms with Gasteiger partial charge in [-0.25, -0.2) is 4.79 Å². The molecule has 0 aromatic heterocycles. The van der Waals surface area contributed by atoms with Crippen molar-refractivity contribution in [3.05, 3.63) is 0 Å². The molecule has 6 heteroatoms. The molecule has 2 N–H and O–H groups in total. The van der Waals surface area contributed by atoms with Crippen LogP contribution in [0.2, 0.25) is 0 Å². The van der Waals surface area contributed by atoms with Gasteiger partial charge in [0.2, 0.25) is 0 Å². The van der Waals surface area contributed by atoms with Gasteiger partial charge < -0.3 is 20.2 Å². The van der Waals surface area contributed by atoms with Crippen LogP contribution in [0.4, 0.5) is 4.79 Å². The lowest BCUT2D eigenvalue weighted by atomic mass is 10.2. The highest BCUT2D eigenvalue weighted by Crippen LogP contribution is 2.04. The van der Waals surface area contributed by atoms with E-state index in [1.807, 2.05) is 6.92 Å². The van der Waals surface area contributed by atoms with E-state index in [4.69, 9.17) is 5.11 Å². The topological polar surface area (TPSA) is 72.9 Å². The lowest BCUT2D eigenvalue weighted by Crippen LogP contribution is -2.47. The molecule has 20 heavy (non-hydrogen) atoms. The number of carbonyl (C=O) groups excluding carboxylic acids is 1. The van der Waals surface area contributed by atoms with E-state index < -0.39 is 5.97 Å². The Morgan fingerprint density at radius 2 is 1.80 bits per heavy atom. The van der Waals surface area contributed by atoms with Crippen molar-refractivity contribution in [3.8, 4) is 0 Å². The van der Waals surface area contributed by atoms with Crippen LogP contribution in [0, 0.1) is 0 Å². The Bertz CT molecular complexity index is 297. The summed E-state index contributed by atoms with van der Waals surface area (Å²) in [5.41, 5.74) is 0. The quantitative estimate of drug-likeness (QED) is 0.640. The summed E-state index contributed by atoms with van der Waals surface area (Å²) in [5.74, 6) is -0.885. The fourth-order valence-corrected chi connectivity index (χ4v) is 2.19. The Kier molecular flexibility index (Phi) is 9.80. The van der Waals surface area contributed by atoms with Crippen LogP contribution in [-0.2, 0) is 4.79 Å². The maximum atomic E-state index is 12.0. The molecule has 118 valence electrons. The van der Waals surface area contributed by atoms with Gasteiger partial charge >= 0.3 is 12.0 Å². The van der Waals surface area contributed by atoms with Gasteiger partial charge in [0.25, 0.3) is 0 Å². The Hall–Kier alpha value is -1.30. The minimum atomic E-state index is -0.885. The molecule has 0 rings (SSSR count). The lowest BCUT2D eigenvalue weighted by Gasteiger charge is -2.28. The number of nitrogens with zero attached hydrogens (tertiary/aromatic N) is 2. The fraction of sp³-hybridized carbons (Fsp3) is 0.857. The average molecular weight is 287 g/mol. The first-order chi connectivity index (χ1) is 9.46. The summed E-state index contributed by atoms with van der Waals surface area (Å²) in [5, 5.41) is 11.6. The molecule has 0 aromatic carbocycles. The second-order valence-corrected chi connectivity index (χ2v) is 4.90. The Balaban J connectivity index is 4.18. The number of aliphatic carboxylic acids is 1. The van der Waals surface area contributed by atoms with E-state index >= 15 is 0 Å². The Labute approximate surface area is 122 Å². The zero-order valence-corrected chi connectivity index (χ0v) is 13.2. The third-order valence-electron chi connectivity index (χ3n) is 3.29. The zero-order valence-electron chi connectivity index (χ0n) is 13.2. The van der Waals surface area contributed by atoms with Gasteiger partial charge in [0.05, 0.1) is 6.42 Å². The SMILES string of the molecule is CCCN(CC)CCNC(=O)N(CC)C(C)CC(=O)O. The van der Waals surface area contributed by atoms with Gasteiger partial charge in [0, 0.05) is 25.7 Å². The van der Waals surface area contributed by atoms with Crippen molar-refractivity contribution < 1.29 is 14.7 Å². The summed E-state index contributed by atoms with van der Waals surface area (Å²) in [7, 11) is 0.